The third-order valence-electron chi connectivity index (χ3n) is 3.36. The summed E-state index contributed by atoms with van der Waals surface area (Å²) in [5, 5.41) is 4.30. The highest BCUT2D eigenvalue weighted by Crippen LogP contribution is 2.22. The Bertz CT molecular complexity index is 436. The second-order valence-corrected chi connectivity index (χ2v) is 5.67. The number of ether oxygens (including phenoxy) is 1. The number of hydrogen-bond donors (Lipinski definition) is 0. The van der Waals surface area contributed by atoms with Gasteiger partial charge in [0, 0.05) is 26.5 Å². The summed E-state index contributed by atoms with van der Waals surface area (Å²) in [7, 11) is 1.87. The number of Topliss-reactive ketones (excluding diaryl/α,β-unsaturated/α-hetero) is 1. The van der Waals surface area contributed by atoms with Crippen LogP contribution in [0.3, 0.4) is 0 Å². The molecule has 18 heavy (non-hydrogen) atoms. The van der Waals surface area contributed by atoms with Crippen LogP contribution in [0.1, 0.15) is 37.1 Å². The van der Waals surface area contributed by atoms with Crippen molar-refractivity contribution in [1.82, 2.24) is 9.78 Å². The van der Waals surface area contributed by atoms with E-state index in [1.165, 1.54) is 6.42 Å². The van der Waals surface area contributed by atoms with E-state index in [9.17, 15) is 4.79 Å². The molecule has 0 saturated carbocycles. The van der Waals surface area contributed by atoms with E-state index in [0.29, 0.717) is 12.8 Å². The van der Waals surface area contributed by atoms with Crippen molar-refractivity contribution in [2.45, 2.75) is 45.1 Å². The molecule has 1 unspecified atom stereocenters. The molecule has 1 saturated heterocycles. The molecular weight excluding hydrogens is 296 g/mol. The van der Waals surface area contributed by atoms with Crippen LogP contribution in [0.2, 0.25) is 0 Å². The van der Waals surface area contributed by atoms with Crippen molar-refractivity contribution in [1.29, 1.82) is 0 Å². The van der Waals surface area contributed by atoms with Gasteiger partial charge in [-0.25, -0.2) is 0 Å². The molecule has 2 heterocycles. The Morgan fingerprint density at radius 1 is 1.56 bits per heavy atom. The molecule has 1 aliphatic rings. The van der Waals surface area contributed by atoms with Crippen LogP contribution < -0.4 is 0 Å². The first-order valence-corrected chi connectivity index (χ1v) is 7.18. The maximum atomic E-state index is 12.1. The third-order valence-corrected chi connectivity index (χ3v) is 4.39. The molecule has 0 amide bonds. The Morgan fingerprint density at radius 2 is 2.33 bits per heavy atom. The van der Waals surface area contributed by atoms with Crippen molar-refractivity contribution >= 4 is 21.7 Å². The molecule has 1 aromatic rings. The zero-order valence-electron chi connectivity index (χ0n) is 10.9. The SMILES string of the molecule is Cc1nn(C)c(CC(=O)CC2CCCCO2)c1Br. The largest absolute Gasteiger partial charge is 0.378 e. The molecule has 1 aliphatic heterocycles. The van der Waals surface area contributed by atoms with Gasteiger partial charge in [-0.05, 0) is 42.1 Å². The number of aryl methyl sites for hydroxylation is 2. The maximum absolute atomic E-state index is 12.1. The summed E-state index contributed by atoms with van der Waals surface area (Å²) in [6.07, 6.45) is 4.38. The minimum Gasteiger partial charge on any atom is -0.378 e. The van der Waals surface area contributed by atoms with E-state index < -0.39 is 0 Å². The van der Waals surface area contributed by atoms with Crippen molar-refractivity contribution in [2.75, 3.05) is 6.61 Å². The molecule has 0 bridgehead atoms. The van der Waals surface area contributed by atoms with Crippen molar-refractivity contribution in [3.05, 3.63) is 15.9 Å². The fourth-order valence-corrected chi connectivity index (χ4v) is 2.83. The monoisotopic (exact) mass is 314 g/mol. The fourth-order valence-electron chi connectivity index (χ4n) is 2.35. The molecule has 100 valence electrons. The molecule has 0 spiro atoms. The van der Waals surface area contributed by atoms with E-state index in [2.05, 4.69) is 21.0 Å². The summed E-state index contributed by atoms with van der Waals surface area (Å²) in [6, 6.07) is 0. The van der Waals surface area contributed by atoms with Gasteiger partial charge in [-0.2, -0.15) is 5.10 Å². The predicted octanol–water partition coefficient (Wildman–Crippen LogP) is 2.56. The van der Waals surface area contributed by atoms with E-state index in [1.54, 1.807) is 4.68 Å². The Hall–Kier alpha value is -0.680. The lowest BCUT2D eigenvalue weighted by atomic mass is 10.0. The molecule has 1 fully saturated rings. The van der Waals surface area contributed by atoms with Crippen molar-refractivity contribution in [3.63, 3.8) is 0 Å². The molecule has 2 rings (SSSR count). The summed E-state index contributed by atoms with van der Waals surface area (Å²) in [6.45, 7) is 2.73. The van der Waals surface area contributed by atoms with E-state index >= 15 is 0 Å². The van der Waals surface area contributed by atoms with Gasteiger partial charge in [0.1, 0.15) is 5.78 Å². The van der Waals surface area contributed by atoms with Crippen LogP contribution in [0.5, 0.6) is 0 Å². The summed E-state index contributed by atoms with van der Waals surface area (Å²) in [5.41, 5.74) is 1.88. The Morgan fingerprint density at radius 3 is 2.89 bits per heavy atom. The maximum Gasteiger partial charge on any atom is 0.141 e. The average Bonchev–Trinajstić information content (AvgIpc) is 2.57. The molecule has 1 atom stereocenters. The molecule has 0 N–H and O–H groups in total. The minimum atomic E-state index is 0.124. The highest BCUT2D eigenvalue weighted by atomic mass is 79.9. The smallest absolute Gasteiger partial charge is 0.141 e. The summed E-state index contributed by atoms with van der Waals surface area (Å²) < 4.78 is 8.32. The number of carbonyl (C=O) groups is 1. The van der Waals surface area contributed by atoms with Crippen LogP contribution in [0, 0.1) is 6.92 Å². The van der Waals surface area contributed by atoms with Gasteiger partial charge in [-0.3, -0.25) is 9.48 Å². The zero-order chi connectivity index (χ0) is 13.1. The summed E-state index contributed by atoms with van der Waals surface area (Å²) >= 11 is 3.49. The van der Waals surface area contributed by atoms with Gasteiger partial charge in [0.05, 0.1) is 22.0 Å². The van der Waals surface area contributed by atoms with Crippen LogP contribution in [0.15, 0.2) is 4.47 Å². The average molecular weight is 315 g/mol. The fraction of sp³-hybridized carbons (Fsp3) is 0.692. The molecule has 5 heteroatoms. The van der Waals surface area contributed by atoms with Gasteiger partial charge in [-0.15, -0.1) is 0 Å². The summed E-state index contributed by atoms with van der Waals surface area (Å²) in [4.78, 5) is 12.1. The number of aromatic nitrogens is 2. The Labute approximate surface area is 116 Å². The number of ketones is 1. The lowest BCUT2D eigenvalue weighted by Gasteiger charge is -2.21. The van der Waals surface area contributed by atoms with Crippen LogP contribution >= 0.6 is 15.9 Å². The number of carbonyl (C=O) groups excluding carboxylic acids is 1. The van der Waals surface area contributed by atoms with E-state index in [4.69, 9.17) is 4.74 Å². The highest BCUT2D eigenvalue weighted by Gasteiger charge is 2.20. The van der Waals surface area contributed by atoms with Gasteiger partial charge in [0.25, 0.3) is 0 Å². The third kappa shape index (κ3) is 3.20. The number of nitrogens with zero attached hydrogens (tertiary/aromatic N) is 2. The molecule has 1 aromatic heterocycles. The first kappa shape index (κ1) is 13.7. The van der Waals surface area contributed by atoms with Crippen LogP contribution in [-0.2, 0) is 23.0 Å². The van der Waals surface area contributed by atoms with Gasteiger partial charge < -0.3 is 4.74 Å². The lowest BCUT2D eigenvalue weighted by Crippen LogP contribution is -2.23. The second kappa shape index (κ2) is 5.97. The van der Waals surface area contributed by atoms with Gasteiger partial charge >= 0.3 is 0 Å². The Balaban J connectivity index is 1.94. The van der Waals surface area contributed by atoms with Crippen LogP contribution in [0.4, 0.5) is 0 Å². The van der Waals surface area contributed by atoms with Gasteiger partial charge in [0.15, 0.2) is 0 Å². The predicted molar refractivity (Wildman–Crippen MR) is 72.6 cm³/mol. The van der Waals surface area contributed by atoms with Gasteiger partial charge in [0.2, 0.25) is 0 Å². The minimum absolute atomic E-state index is 0.124. The normalized spacial score (nSPS) is 20.1. The molecule has 0 aromatic carbocycles. The lowest BCUT2D eigenvalue weighted by molar-refractivity contribution is -0.122. The van der Waals surface area contributed by atoms with Crippen molar-refractivity contribution in [2.24, 2.45) is 7.05 Å². The standard InChI is InChI=1S/C13H19BrN2O2/c1-9-13(14)12(16(2)15-9)8-10(17)7-11-5-3-4-6-18-11/h11H,3-8H2,1-2H3. The molecular formula is C13H19BrN2O2. The molecule has 0 radical (unpaired) electrons. The molecule has 0 aliphatic carbocycles. The van der Waals surface area contributed by atoms with Crippen molar-refractivity contribution < 1.29 is 9.53 Å². The number of halogens is 1. The number of rotatable bonds is 4. The van der Waals surface area contributed by atoms with E-state index in [1.807, 2.05) is 14.0 Å². The van der Waals surface area contributed by atoms with E-state index in [0.717, 1.165) is 35.3 Å². The van der Waals surface area contributed by atoms with Crippen LogP contribution in [-0.4, -0.2) is 28.3 Å². The first-order valence-electron chi connectivity index (χ1n) is 6.39. The van der Waals surface area contributed by atoms with Crippen molar-refractivity contribution in [3.8, 4) is 0 Å². The quantitative estimate of drug-likeness (QED) is 0.858. The second-order valence-electron chi connectivity index (χ2n) is 4.88. The van der Waals surface area contributed by atoms with Crippen LogP contribution in [0.25, 0.3) is 0 Å². The topological polar surface area (TPSA) is 44.1 Å². The number of hydrogen-bond acceptors (Lipinski definition) is 3. The highest BCUT2D eigenvalue weighted by molar-refractivity contribution is 9.10. The van der Waals surface area contributed by atoms with Gasteiger partial charge in [-0.1, -0.05) is 0 Å². The summed E-state index contributed by atoms with van der Waals surface area (Å²) in [5.74, 6) is 0.227. The van der Waals surface area contributed by atoms with E-state index in [-0.39, 0.29) is 11.9 Å². The first-order chi connectivity index (χ1) is 8.58. The molecule has 4 nitrogen and oxygen atoms in total. The Kier molecular flexibility index (Phi) is 4.56. The zero-order valence-corrected chi connectivity index (χ0v) is 12.5.